The lowest BCUT2D eigenvalue weighted by molar-refractivity contribution is 0.243. The van der Waals surface area contributed by atoms with Crippen molar-refractivity contribution in [2.75, 3.05) is 6.54 Å². The average Bonchev–Trinajstić information content (AvgIpc) is 2.51. The zero-order valence-corrected chi connectivity index (χ0v) is 7.08. The lowest BCUT2D eigenvalue weighted by Gasteiger charge is -2.02. The molecule has 1 rings (SSSR count). The molecule has 0 bridgehead atoms. The quantitative estimate of drug-likeness (QED) is 0.753. The minimum Gasteiger partial charge on any atom is -0.332 e. The van der Waals surface area contributed by atoms with Crippen LogP contribution in [0.3, 0.4) is 0 Å². The first-order valence-corrected chi connectivity index (χ1v) is 3.67. The molecule has 1 N–H and O–H groups in total. The van der Waals surface area contributed by atoms with Crippen LogP contribution < -0.4 is 5.32 Å². The molecule has 0 unspecified atom stereocenters. The first-order chi connectivity index (χ1) is 5.70. The van der Waals surface area contributed by atoms with E-state index in [4.69, 9.17) is 11.6 Å². The summed E-state index contributed by atoms with van der Waals surface area (Å²) in [6.07, 6.45) is 4.48. The molecule has 0 radical (unpaired) electrons. The summed E-state index contributed by atoms with van der Waals surface area (Å²) < 4.78 is 1.32. The summed E-state index contributed by atoms with van der Waals surface area (Å²) in [4.78, 5) is 14.8. The molecule has 0 aliphatic carbocycles. The van der Waals surface area contributed by atoms with Crippen molar-refractivity contribution in [1.29, 1.82) is 0 Å². The number of hydrogen-bond donors (Lipinski definition) is 1. The second kappa shape index (κ2) is 3.92. The first-order valence-electron chi connectivity index (χ1n) is 3.29. The van der Waals surface area contributed by atoms with E-state index in [9.17, 15) is 4.79 Å². The zero-order valence-electron chi connectivity index (χ0n) is 6.33. The van der Waals surface area contributed by atoms with Crippen molar-refractivity contribution in [3.05, 3.63) is 30.3 Å². The average molecular weight is 186 g/mol. The van der Waals surface area contributed by atoms with Crippen molar-refractivity contribution in [3.63, 3.8) is 0 Å². The summed E-state index contributed by atoms with van der Waals surface area (Å²) >= 11 is 5.45. The normalized spacial score (nSPS) is 9.42. The van der Waals surface area contributed by atoms with Gasteiger partial charge >= 0.3 is 6.03 Å². The number of rotatable bonds is 2. The largest absolute Gasteiger partial charge is 0.332 e. The van der Waals surface area contributed by atoms with Gasteiger partial charge in [0.15, 0.2) is 0 Å². The Bertz CT molecular complexity index is 281. The zero-order chi connectivity index (χ0) is 8.97. The lowest BCUT2D eigenvalue weighted by atomic mass is 10.6. The van der Waals surface area contributed by atoms with Crippen LogP contribution in [0, 0.1) is 0 Å². The van der Waals surface area contributed by atoms with E-state index in [1.54, 1.807) is 6.20 Å². The van der Waals surface area contributed by atoms with Crippen LogP contribution in [0.1, 0.15) is 0 Å². The van der Waals surface area contributed by atoms with Crippen molar-refractivity contribution in [3.8, 4) is 0 Å². The number of nitrogens with one attached hydrogen (secondary N) is 1. The third-order valence-corrected chi connectivity index (χ3v) is 1.30. The summed E-state index contributed by atoms with van der Waals surface area (Å²) in [5.41, 5.74) is 0. The Labute approximate surface area is 74.9 Å². The van der Waals surface area contributed by atoms with E-state index >= 15 is 0 Å². The van der Waals surface area contributed by atoms with Gasteiger partial charge in [-0.15, -0.1) is 0 Å². The molecule has 0 aliphatic heterocycles. The third-order valence-electron chi connectivity index (χ3n) is 1.17. The predicted molar refractivity (Wildman–Crippen MR) is 46.0 cm³/mol. The number of imidazole rings is 1. The van der Waals surface area contributed by atoms with Crippen LogP contribution in [0.4, 0.5) is 4.79 Å². The first kappa shape index (κ1) is 8.80. The molecule has 1 aromatic rings. The third kappa shape index (κ3) is 2.39. The fourth-order valence-electron chi connectivity index (χ4n) is 0.642. The van der Waals surface area contributed by atoms with E-state index in [2.05, 4.69) is 16.9 Å². The van der Waals surface area contributed by atoms with Crippen LogP contribution in [0.5, 0.6) is 0 Å². The Morgan fingerprint density at radius 1 is 1.75 bits per heavy atom. The van der Waals surface area contributed by atoms with Crippen molar-refractivity contribution in [2.45, 2.75) is 0 Å². The molecule has 0 fully saturated rings. The van der Waals surface area contributed by atoms with Gasteiger partial charge in [0.1, 0.15) is 6.33 Å². The smallest absolute Gasteiger partial charge is 0.327 e. The van der Waals surface area contributed by atoms with Gasteiger partial charge in [-0.25, -0.2) is 9.78 Å². The Balaban J connectivity index is 2.45. The van der Waals surface area contributed by atoms with Gasteiger partial charge in [0.25, 0.3) is 0 Å². The molecule has 12 heavy (non-hydrogen) atoms. The van der Waals surface area contributed by atoms with E-state index in [1.165, 1.54) is 17.1 Å². The number of halogens is 1. The summed E-state index contributed by atoms with van der Waals surface area (Å²) in [6.45, 7) is 3.70. The topological polar surface area (TPSA) is 46.9 Å². The molecular weight excluding hydrogens is 178 g/mol. The molecule has 1 amide bonds. The molecule has 4 nitrogen and oxygen atoms in total. The van der Waals surface area contributed by atoms with E-state index in [1.807, 2.05) is 0 Å². The van der Waals surface area contributed by atoms with Gasteiger partial charge in [-0.1, -0.05) is 18.2 Å². The molecule has 1 heterocycles. The fourth-order valence-corrected chi connectivity index (χ4v) is 0.709. The predicted octanol–water partition coefficient (Wildman–Crippen LogP) is 1.19. The van der Waals surface area contributed by atoms with Gasteiger partial charge in [0.05, 0.1) is 6.54 Å². The van der Waals surface area contributed by atoms with Gasteiger partial charge in [-0.3, -0.25) is 4.57 Å². The summed E-state index contributed by atoms with van der Waals surface area (Å²) in [5, 5.41) is 2.93. The van der Waals surface area contributed by atoms with Crippen molar-refractivity contribution < 1.29 is 4.79 Å². The summed E-state index contributed by atoms with van der Waals surface area (Å²) in [6, 6.07) is -0.269. The molecule has 1 aromatic heterocycles. The highest BCUT2D eigenvalue weighted by Crippen LogP contribution is 1.93. The van der Waals surface area contributed by atoms with E-state index in [0.29, 0.717) is 5.03 Å². The number of carbonyl (C=O) groups excluding carboxylic acids is 1. The molecule has 0 aliphatic rings. The van der Waals surface area contributed by atoms with Crippen LogP contribution in [0.15, 0.2) is 30.3 Å². The van der Waals surface area contributed by atoms with Crippen LogP contribution in [0.25, 0.3) is 0 Å². The van der Waals surface area contributed by atoms with Gasteiger partial charge in [0.2, 0.25) is 0 Å². The molecule has 0 saturated carbocycles. The highest BCUT2D eigenvalue weighted by molar-refractivity contribution is 6.29. The Kier molecular flexibility index (Phi) is 2.88. The summed E-state index contributed by atoms with van der Waals surface area (Å²) in [7, 11) is 0. The van der Waals surface area contributed by atoms with Crippen LogP contribution >= 0.6 is 11.6 Å². The second-order valence-corrected chi connectivity index (χ2v) is 2.68. The molecule has 0 saturated heterocycles. The standard InChI is InChI=1S/C7H8ClN3O/c1-6(8)4-10-7(12)11-3-2-9-5-11/h2-3,5H,1,4H2,(H,10,12). The number of amides is 1. The molecular formula is C7H8ClN3O. The van der Waals surface area contributed by atoms with Gasteiger partial charge < -0.3 is 5.32 Å². The maximum atomic E-state index is 11.1. The van der Waals surface area contributed by atoms with Crippen molar-refractivity contribution in [2.24, 2.45) is 0 Å². The number of nitrogens with zero attached hydrogens (tertiary/aromatic N) is 2. The van der Waals surface area contributed by atoms with Crippen LogP contribution in [0.2, 0.25) is 0 Å². The Hall–Kier alpha value is -1.29. The highest BCUT2D eigenvalue weighted by atomic mass is 35.5. The lowest BCUT2D eigenvalue weighted by Crippen LogP contribution is -2.28. The van der Waals surface area contributed by atoms with Crippen LogP contribution in [-0.2, 0) is 0 Å². The number of aromatic nitrogens is 2. The number of carbonyl (C=O) groups is 1. The second-order valence-electron chi connectivity index (χ2n) is 2.15. The minimum absolute atomic E-state index is 0.262. The van der Waals surface area contributed by atoms with E-state index in [0.717, 1.165) is 0 Å². The number of hydrogen-bond acceptors (Lipinski definition) is 2. The Morgan fingerprint density at radius 3 is 3.00 bits per heavy atom. The van der Waals surface area contributed by atoms with Crippen molar-refractivity contribution >= 4 is 17.6 Å². The van der Waals surface area contributed by atoms with E-state index in [-0.39, 0.29) is 12.6 Å². The monoisotopic (exact) mass is 185 g/mol. The summed E-state index contributed by atoms with van der Waals surface area (Å²) in [5.74, 6) is 0. The molecule has 64 valence electrons. The van der Waals surface area contributed by atoms with Gasteiger partial charge in [0, 0.05) is 17.4 Å². The molecule has 5 heteroatoms. The van der Waals surface area contributed by atoms with Gasteiger partial charge in [-0.05, 0) is 0 Å². The maximum Gasteiger partial charge on any atom is 0.327 e. The fraction of sp³-hybridized carbons (Fsp3) is 0.143. The minimum atomic E-state index is -0.269. The SMILES string of the molecule is C=C(Cl)CNC(=O)n1ccnc1. The Morgan fingerprint density at radius 2 is 2.50 bits per heavy atom. The van der Waals surface area contributed by atoms with E-state index < -0.39 is 0 Å². The highest BCUT2D eigenvalue weighted by Gasteiger charge is 2.01. The van der Waals surface area contributed by atoms with Crippen molar-refractivity contribution in [1.82, 2.24) is 14.9 Å². The van der Waals surface area contributed by atoms with Gasteiger partial charge in [-0.2, -0.15) is 0 Å². The maximum absolute atomic E-state index is 11.1. The molecule has 0 aromatic carbocycles. The molecule has 0 spiro atoms. The van der Waals surface area contributed by atoms with Crippen LogP contribution in [-0.4, -0.2) is 22.1 Å². The molecule has 0 atom stereocenters.